The molecule has 0 spiro atoms. The molecule has 1 N–H and O–H groups in total. The van der Waals surface area contributed by atoms with Gasteiger partial charge in [-0.05, 0) is 12.0 Å². The zero-order chi connectivity index (χ0) is 14.5. The normalized spacial score (nSPS) is 15.0. The summed E-state index contributed by atoms with van der Waals surface area (Å²) >= 11 is 0. The standard InChI is InChI=1S/C17H26O2/c1-5-6-12-14(16(19)17(2,3)4)15(18)13-10-8-7-9-11-13/h7-11,14-15,18H,5-6,12H2,1-4H3/t14-,15+/m0/s1. The fourth-order valence-electron chi connectivity index (χ4n) is 2.30. The number of hydrogen-bond acceptors (Lipinski definition) is 2. The van der Waals surface area contributed by atoms with Crippen molar-refractivity contribution in [2.75, 3.05) is 0 Å². The molecule has 0 heterocycles. The summed E-state index contributed by atoms with van der Waals surface area (Å²) in [5.41, 5.74) is 0.426. The van der Waals surface area contributed by atoms with Crippen molar-refractivity contribution in [2.45, 2.75) is 53.1 Å². The molecule has 0 aromatic heterocycles. The van der Waals surface area contributed by atoms with Crippen molar-refractivity contribution in [3.05, 3.63) is 35.9 Å². The van der Waals surface area contributed by atoms with Crippen molar-refractivity contribution < 1.29 is 9.90 Å². The second kappa shape index (κ2) is 6.85. The monoisotopic (exact) mass is 262 g/mol. The van der Waals surface area contributed by atoms with E-state index >= 15 is 0 Å². The topological polar surface area (TPSA) is 37.3 Å². The maximum atomic E-state index is 12.5. The first kappa shape index (κ1) is 15.9. The lowest BCUT2D eigenvalue weighted by atomic mass is 9.77. The van der Waals surface area contributed by atoms with Gasteiger partial charge < -0.3 is 5.11 Å². The Kier molecular flexibility index (Phi) is 5.74. The SMILES string of the molecule is CCCC[C@H](C(=O)C(C)(C)C)[C@H](O)c1ccccc1. The Morgan fingerprint density at radius 3 is 2.26 bits per heavy atom. The Bertz CT molecular complexity index is 389. The largest absolute Gasteiger partial charge is 0.388 e. The summed E-state index contributed by atoms with van der Waals surface area (Å²) in [6, 6.07) is 9.50. The summed E-state index contributed by atoms with van der Waals surface area (Å²) < 4.78 is 0. The van der Waals surface area contributed by atoms with E-state index in [0.717, 1.165) is 24.8 Å². The van der Waals surface area contributed by atoms with Gasteiger partial charge in [0.1, 0.15) is 5.78 Å². The van der Waals surface area contributed by atoms with Gasteiger partial charge in [0.25, 0.3) is 0 Å². The summed E-state index contributed by atoms with van der Waals surface area (Å²) in [7, 11) is 0. The van der Waals surface area contributed by atoms with Gasteiger partial charge in [-0.15, -0.1) is 0 Å². The molecule has 0 saturated heterocycles. The maximum Gasteiger partial charge on any atom is 0.144 e. The molecule has 0 fully saturated rings. The van der Waals surface area contributed by atoms with E-state index in [1.165, 1.54) is 0 Å². The number of aliphatic hydroxyl groups is 1. The minimum absolute atomic E-state index is 0.150. The van der Waals surface area contributed by atoms with E-state index in [2.05, 4.69) is 6.92 Å². The van der Waals surface area contributed by atoms with Crippen LogP contribution in [-0.4, -0.2) is 10.9 Å². The summed E-state index contributed by atoms with van der Waals surface area (Å²) in [5, 5.41) is 10.5. The van der Waals surface area contributed by atoms with Crippen LogP contribution in [0.25, 0.3) is 0 Å². The number of ketones is 1. The van der Waals surface area contributed by atoms with E-state index in [4.69, 9.17) is 0 Å². The number of rotatable bonds is 6. The molecule has 1 rings (SSSR count). The van der Waals surface area contributed by atoms with E-state index in [9.17, 15) is 9.90 Å². The smallest absolute Gasteiger partial charge is 0.144 e. The average Bonchev–Trinajstić information content (AvgIpc) is 2.38. The summed E-state index contributed by atoms with van der Waals surface area (Å²) in [5.74, 6) is -0.153. The van der Waals surface area contributed by atoms with Crippen molar-refractivity contribution in [1.82, 2.24) is 0 Å². The van der Waals surface area contributed by atoms with Crippen LogP contribution >= 0.6 is 0 Å². The number of Topliss-reactive ketones (excluding diaryl/α,β-unsaturated/α-hetero) is 1. The molecule has 0 amide bonds. The number of carbonyl (C=O) groups excluding carboxylic acids is 1. The van der Waals surface area contributed by atoms with Crippen molar-refractivity contribution in [3.63, 3.8) is 0 Å². The molecule has 0 bridgehead atoms. The molecule has 2 nitrogen and oxygen atoms in total. The van der Waals surface area contributed by atoms with Crippen LogP contribution in [-0.2, 0) is 4.79 Å². The van der Waals surface area contributed by atoms with Crippen molar-refractivity contribution in [1.29, 1.82) is 0 Å². The summed E-state index contributed by atoms with van der Waals surface area (Å²) in [6.45, 7) is 7.87. The van der Waals surface area contributed by atoms with E-state index in [0.29, 0.717) is 0 Å². The molecule has 1 aromatic rings. The lowest BCUT2D eigenvalue weighted by Gasteiger charge is -2.28. The van der Waals surface area contributed by atoms with Crippen LogP contribution in [0.5, 0.6) is 0 Å². The fourth-order valence-corrected chi connectivity index (χ4v) is 2.30. The van der Waals surface area contributed by atoms with Gasteiger partial charge in [0.05, 0.1) is 6.10 Å². The predicted molar refractivity (Wildman–Crippen MR) is 78.9 cm³/mol. The van der Waals surface area contributed by atoms with E-state index in [1.807, 2.05) is 51.1 Å². The first-order chi connectivity index (χ1) is 8.88. The summed E-state index contributed by atoms with van der Waals surface area (Å²) in [6.07, 6.45) is 2.06. The Balaban J connectivity index is 2.94. The molecule has 106 valence electrons. The lowest BCUT2D eigenvalue weighted by molar-refractivity contribution is -0.134. The van der Waals surface area contributed by atoms with E-state index < -0.39 is 11.5 Å². The molecule has 0 aliphatic rings. The predicted octanol–water partition coefficient (Wildman–Crippen LogP) is 4.14. The van der Waals surface area contributed by atoms with Crippen molar-refractivity contribution in [2.24, 2.45) is 11.3 Å². The van der Waals surface area contributed by atoms with Gasteiger partial charge in [0, 0.05) is 11.3 Å². The van der Waals surface area contributed by atoms with Crippen molar-refractivity contribution in [3.8, 4) is 0 Å². The quantitative estimate of drug-likeness (QED) is 0.836. The van der Waals surface area contributed by atoms with E-state index in [1.54, 1.807) is 0 Å². The molecule has 1 aromatic carbocycles. The fraction of sp³-hybridized carbons (Fsp3) is 0.588. The zero-order valence-corrected chi connectivity index (χ0v) is 12.5. The maximum absolute atomic E-state index is 12.5. The van der Waals surface area contributed by atoms with Gasteiger partial charge in [-0.1, -0.05) is 70.9 Å². The molecule has 0 unspecified atom stereocenters. The van der Waals surface area contributed by atoms with Crippen LogP contribution < -0.4 is 0 Å². The number of unbranched alkanes of at least 4 members (excludes halogenated alkanes) is 1. The number of carbonyl (C=O) groups is 1. The second-order valence-electron chi connectivity index (χ2n) is 6.22. The minimum atomic E-state index is -0.695. The third-order valence-corrected chi connectivity index (χ3v) is 3.47. The van der Waals surface area contributed by atoms with Gasteiger partial charge in [-0.3, -0.25) is 4.79 Å². The van der Waals surface area contributed by atoms with Crippen LogP contribution in [0.1, 0.15) is 58.6 Å². The van der Waals surface area contributed by atoms with E-state index in [-0.39, 0.29) is 11.7 Å². The first-order valence-corrected chi connectivity index (χ1v) is 7.15. The van der Waals surface area contributed by atoms with Gasteiger partial charge in [-0.2, -0.15) is 0 Å². The Morgan fingerprint density at radius 2 is 1.79 bits per heavy atom. The Hall–Kier alpha value is -1.15. The van der Waals surface area contributed by atoms with Crippen molar-refractivity contribution >= 4 is 5.78 Å². The van der Waals surface area contributed by atoms with Gasteiger partial charge in [0.2, 0.25) is 0 Å². The van der Waals surface area contributed by atoms with Crippen LogP contribution in [0, 0.1) is 11.3 Å². The lowest BCUT2D eigenvalue weighted by Crippen LogP contribution is -2.32. The average molecular weight is 262 g/mol. The highest BCUT2D eigenvalue weighted by atomic mass is 16.3. The van der Waals surface area contributed by atoms with Crippen LogP contribution in [0.2, 0.25) is 0 Å². The van der Waals surface area contributed by atoms with Crippen LogP contribution in [0.3, 0.4) is 0 Å². The van der Waals surface area contributed by atoms with Gasteiger partial charge in [-0.25, -0.2) is 0 Å². The molecule has 2 atom stereocenters. The Morgan fingerprint density at radius 1 is 1.21 bits per heavy atom. The third kappa shape index (κ3) is 4.46. The molecular weight excluding hydrogens is 236 g/mol. The highest BCUT2D eigenvalue weighted by molar-refractivity contribution is 5.86. The van der Waals surface area contributed by atoms with Crippen LogP contribution in [0.4, 0.5) is 0 Å². The molecule has 0 radical (unpaired) electrons. The number of hydrogen-bond donors (Lipinski definition) is 1. The summed E-state index contributed by atoms with van der Waals surface area (Å²) in [4.78, 5) is 12.5. The number of aliphatic hydroxyl groups excluding tert-OH is 1. The zero-order valence-electron chi connectivity index (χ0n) is 12.5. The Labute approximate surface area is 116 Å². The first-order valence-electron chi connectivity index (χ1n) is 7.15. The highest BCUT2D eigenvalue weighted by Crippen LogP contribution is 2.33. The molecule has 0 aliphatic carbocycles. The minimum Gasteiger partial charge on any atom is -0.388 e. The molecular formula is C17H26O2. The van der Waals surface area contributed by atoms with Crippen LogP contribution in [0.15, 0.2) is 30.3 Å². The molecule has 0 aliphatic heterocycles. The third-order valence-electron chi connectivity index (χ3n) is 3.47. The molecule has 0 saturated carbocycles. The number of benzene rings is 1. The molecule has 19 heavy (non-hydrogen) atoms. The molecule has 2 heteroatoms. The van der Waals surface area contributed by atoms with Gasteiger partial charge >= 0.3 is 0 Å². The van der Waals surface area contributed by atoms with Gasteiger partial charge in [0.15, 0.2) is 0 Å². The highest BCUT2D eigenvalue weighted by Gasteiger charge is 2.34. The second-order valence-corrected chi connectivity index (χ2v) is 6.22.